The van der Waals surface area contributed by atoms with Crippen molar-refractivity contribution in [3.63, 3.8) is 0 Å². The van der Waals surface area contributed by atoms with Crippen LogP contribution < -0.4 is 9.04 Å². The van der Waals surface area contributed by atoms with Crippen molar-refractivity contribution in [1.29, 1.82) is 0 Å². The minimum Gasteiger partial charge on any atom is -0.496 e. The second-order valence-corrected chi connectivity index (χ2v) is 9.23. The predicted octanol–water partition coefficient (Wildman–Crippen LogP) is 4.00. The first-order valence-electron chi connectivity index (χ1n) is 9.93. The fourth-order valence-corrected chi connectivity index (χ4v) is 4.59. The van der Waals surface area contributed by atoms with Crippen molar-refractivity contribution in [2.45, 2.75) is 18.4 Å². The molecule has 0 radical (unpaired) electrons. The van der Waals surface area contributed by atoms with Gasteiger partial charge in [-0.25, -0.2) is 12.8 Å². The molecule has 1 amide bonds. The molecule has 0 aromatic heterocycles. The molecule has 6 nitrogen and oxygen atoms in total. The predicted molar refractivity (Wildman–Crippen MR) is 122 cm³/mol. The fourth-order valence-electron chi connectivity index (χ4n) is 3.18. The van der Waals surface area contributed by atoms with Crippen molar-refractivity contribution in [3.8, 4) is 5.75 Å². The Hall–Kier alpha value is -3.39. The van der Waals surface area contributed by atoms with Crippen LogP contribution in [0, 0.1) is 12.7 Å². The van der Waals surface area contributed by atoms with E-state index in [2.05, 4.69) is 0 Å². The zero-order valence-electron chi connectivity index (χ0n) is 18.2. The highest BCUT2D eigenvalue weighted by molar-refractivity contribution is 7.92. The van der Waals surface area contributed by atoms with Gasteiger partial charge in [0, 0.05) is 19.2 Å². The number of para-hydroxylation sites is 1. The molecule has 0 aliphatic carbocycles. The molecule has 0 saturated heterocycles. The number of anilines is 1. The lowest BCUT2D eigenvalue weighted by Gasteiger charge is -2.27. The van der Waals surface area contributed by atoms with Crippen LogP contribution in [0.3, 0.4) is 0 Å². The van der Waals surface area contributed by atoms with Crippen LogP contribution in [0.4, 0.5) is 10.1 Å². The number of aryl methyl sites for hydroxylation is 1. The van der Waals surface area contributed by atoms with E-state index in [-0.39, 0.29) is 11.4 Å². The number of rotatable bonds is 8. The van der Waals surface area contributed by atoms with Gasteiger partial charge >= 0.3 is 0 Å². The molecule has 0 heterocycles. The Morgan fingerprint density at radius 2 is 1.59 bits per heavy atom. The fraction of sp³-hybridized carbons (Fsp3) is 0.208. The minimum absolute atomic E-state index is 0.0975. The molecule has 8 heteroatoms. The first kappa shape index (κ1) is 23.3. The van der Waals surface area contributed by atoms with E-state index in [1.807, 2.05) is 25.1 Å². The van der Waals surface area contributed by atoms with E-state index in [0.29, 0.717) is 11.4 Å². The number of amides is 1. The normalized spacial score (nSPS) is 11.1. The van der Waals surface area contributed by atoms with Crippen molar-refractivity contribution in [2.24, 2.45) is 0 Å². The molecule has 3 aromatic rings. The van der Waals surface area contributed by atoms with E-state index >= 15 is 0 Å². The summed E-state index contributed by atoms with van der Waals surface area (Å²) >= 11 is 0. The zero-order chi connectivity index (χ0) is 23.3. The maximum Gasteiger partial charge on any atom is 0.264 e. The van der Waals surface area contributed by atoms with E-state index in [1.165, 1.54) is 17.0 Å². The number of halogens is 1. The molecular formula is C24H25FN2O4S. The molecule has 0 bridgehead atoms. The molecule has 0 saturated carbocycles. The molecule has 0 aliphatic heterocycles. The van der Waals surface area contributed by atoms with Crippen LogP contribution in [0.2, 0.25) is 0 Å². The lowest BCUT2D eigenvalue weighted by molar-refractivity contribution is -0.128. The highest BCUT2D eigenvalue weighted by Crippen LogP contribution is 2.25. The Kier molecular flexibility index (Phi) is 7.15. The van der Waals surface area contributed by atoms with Gasteiger partial charge in [0.15, 0.2) is 0 Å². The molecular weight excluding hydrogens is 431 g/mol. The summed E-state index contributed by atoms with van der Waals surface area (Å²) in [6, 6.07) is 18.7. The third kappa shape index (κ3) is 5.26. The number of hydrogen-bond donors (Lipinski definition) is 0. The molecule has 0 unspecified atom stereocenters. The third-order valence-corrected chi connectivity index (χ3v) is 6.82. The van der Waals surface area contributed by atoms with Gasteiger partial charge in [0.1, 0.15) is 18.1 Å². The molecule has 3 rings (SSSR count). The monoisotopic (exact) mass is 456 g/mol. The topological polar surface area (TPSA) is 66.9 Å². The van der Waals surface area contributed by atoms with Crippen molar-refractivity contribution in [3.05, 3.63) is 89.7 Å². The van der Waals surface area contributed by atoms with Crippen molar-refractivity contribution < 1.29 is 22.3 Å². The molecule has 0 spiro atoms. The quantitative estimate of drug-likeness (QED) is 0.514. The van der Waals surface area contributed by atoms with Gasteiger partial charge in [0.2, 0.25) is 5.91 Å². The summed E-state index contributed by atoms with van der Waals surface area (Å²) in [4.78, 5) is 14.4. The number of benzene rings is 3. The summed E-state index contributed by atoms with van der Waals surface area (Å²) in [7, 11) is -0.949. The van der Waals surface area contributed by atoms with E-state index < -0.39 is 28.3 Å². The second kappa shape index (κ2) is 9.82. The number of ether oxygens (including phenoxy) is 1. The summed E-state index contributed by atoms with van der Waals surface area (Å²) in [5, 5.41) is 0. The molecule has 0 N–H and O–H groups in total. The van der Waals surface area contributed by atoms with Crippen LogP contribution in [0.5, 0.6) is 5.75 Å². The van der Waals surface area contributed by atoms with Gasteiger partial charge in [-0.2, -0.15) is 0 Å². The molecule has 0 atom stereocenters. The van der Waals surface area contributed by atoms with Gasteiger partial charge < -0.3 is 9.64 Å². The number of methoxy groups -OCH3 is 1. The van der Waals surface area contributed by atoms with Crippen LogP contribution in [0.15, 0.2) is 77.7 Å². The summed E-state index contributed by atoms with van der Waals surface area (Å²) in [5.41, 5.74) is 2.10. The van der Waals surface area contributed by atoms with Gasteiger partial charge in [-0.15, -0.1) is 0 Å². The van der Waals surface area contributed by atoms with E-state index in [9.17, 15) is 17.6 Å². The first-order valence-corrected chi connectivity index (χ1v) is 11.4. The van der Waals surface area contributed by atoms with Gasteiger partial charge in [0.25, 0.3) is 10.0 Å². The molecule has 0 fully saturated rings. The van der Waals surface area contributed by atoms with Crippen molar-refractivity contribution >= 4 is 21.6 Å². The van der Waals surface area contributed by atoms with Crippen LogP contribution in [-0.2, 0) is 21.4 Å². The maximum atomic E-state index is 13.4. The van der Waals surface area contributed by atoms with E-state index in [4.69, 9.17) is 4.74 Å². The van der Waals surface area contributed by atoms with Gasteiger partial charge in [0.05, 0.1) is 17.7 Å². The van der Waals surface area contributed by atoms with Crippen molar-refractivity contribution in [1.82, 2.24) is 4.90 Å². The highest BCUT2D eigenvalue weighted by atomic mass is 32.2. The Morgan fingerprint density at radius 3 is 2.22 bits per heavy atom. The molecule has 0 aliphatic rings. The van der Waals surface area contributed by atoms with E-state index in [0.717, 1.165) is 27.6 Å². The summed E-state index contributed by atoms with van der Waals surface area (Å²) in [6.45, 7) is 1.73. The Morgan fingerprint density at radius 1 is 0.969 bits per heavy atom. The number of nitrogens with zero attached hydrogens (tertiary/aromatic N) is 2. The minimum atomic E-state index is -4.10. The Labute approximate surface area is 187 Å². The first-order chi connectivity index (χ1) is 15.2. The van der Waals surface area contributed by atoms with Crippen LogP contribution in [-0.4, -0.2) is 39.9 Å². The standard InChI is InChI=1S/C24H25FN2O4S/c1-18-8-12-21(13-9-18)27(32(29,30)22-14-10-20(25)11-15-22)17-24(28)26(2)16-19-6-4-5-7-23(19)31-3/h4-15H,16-17H2,1-3H3. The van der Waals surface area contributed by atoms with E-state index in [1.54, 1.807) is 44.5 Å². The molecule has 32 heavy (non-hydrogen) atoms. The lowest BCUT2D eigenvalue weighted by Crippen LogP contribution is -2.41. The lowest BCUT2D eigenvalue weighted by atomic mass is 10.2. The molecule has 3 aromatic carbocycles. The average Bonchev–Trinajstić information content (AvgIpc) is 2.78. The number of sulfonamides is 1. The highest BCUT2D eigenvalue weighted by Gasteiger charge is 2.28. The number of likely N-dealkylation sites (N-methyl/N-ethyl adjacent to an activating group) is 1. The number of hydrogen-bond acceptors (Lipinski definition) is 4. The SMILES string of the molecule is COc1ccccc1CN(C)C(=O)CN(c1ccc(C)cc1)S(=O)(=O)c1ccc(F)cc1. The van der Waals surface area contributed by atoms with Crippen LogP contribution >= 0.6 is 0 Å². The Bertz CT molecular complexity index is 1180. The zero-order valence-corrected chi connectivity index (χ0v) is 19.0. The largest absolute Gasteiger partial charge is 0.496 e. The van der Waals surface area contributed by atoms with Crippen LogP contribution in [0.1, 0.15) is 11.1 Å². The number of carbonyl (C=O) groups excluding carboxylic acids is 1. The van der Waals surface area contributed by atoms with Gasteiger partial charge in [-0.3, -0.25) is 9.10 Å². The second-order valence-electron chi connectivity index (χ2n) is 7.36. The third-order valence-electron chi connectivity index (χ3n) is 5.03. The number of carbonyl (C=O) groups is 1. The Balaban J connectivity index is 1.90. The van der Waals surface area contributed by atoms with Gasteiger partial charge in [-0.1, -0.05) is 35.9 Å². The smallest absolute Gasteiger partial charge is 0.264 e. The molecule has 168 valence electrons. The summed E-state index contributed by atoms with van der Waals surface area (Å²) in [5.74, 6) is -0.304. The van der Waals surface area contributed by atoms with Gasteiger partial charge in [-0.05, 0) is 49.4 Å². The maximum absolute atomic E-state index is 13.4. The average molecular weight is 457 g/mol. The summed E-state index contributed by atoms with van der Waals surface area (Å²) in [6.07, 6.45) is 0. The summed E-state index contributed by atoms with van der Waals surface area (Å²) < 4.78 is 46.4. The van der Waals surface area contributed by atoms with Crippen LogP contribution in [0.25, 0.3) is 0 Å². The van der Waals surface area contributed by atoms with Crippen molar-refractivity contribution in [2.75, 3.05) is 25.0 Å².